The number of ether oxygens (including phenoxy) is 2. The van der Waals surface area contributed by atoms with E-state index in [9.17, 15) is 13.2 Å². The van der Waals surface area contributed by atoms with Crippen molar-refractivity contribution < 1.29 is 22.7 Å². The number of hydrogen-bond acceptors (Lipinski definition) is 8. The minimum Gasteiger partial charge on any atom is -0.383 e. The lowest BCUT2D eigenvalue weighted by Gasteiger charge is -2.22. The maximum absolute atomic E-state index is 13.7. The number of methoxy groups -OCH3 is 2. The summed E-state index contributed by atoms with van der Waals surface area (Å²) >= 11 is 1.50. The van der Waals surface area contributed by atoms with E-state index >= 15 is 0 Å². The average molecular weight is 599 g/mol. The second-order valence-corrected chi connectivity index (χ2v) is 12.4. The SMILES string of the molecule is COCCN(CCOC)S(=O)(=O)c1ccc(C(=O)N(CCCN(C)C)c2nc3c(C)cc(C)cc3s2)cc1.Cl. The zero-order valence-electron chi connectivity index (χ0n) is 23.5. The largest absolute Gasteiger partial charge is 0.383 e. The average Bonchev–Trinajstić information content (AvgIpc) is 3.30. The standard InChI is InChI=1S/C27H38N4O5S2.ClH/c1-20-18-21(2)25-24(19-20)37-27(28-25)31(13-7-12-29(3)4)26(32)22-8-10-23(11-9-22)38(33,34)30(14-16-35-5)15-17-36-6;/h8-11,18-19H,7,12-17H2,1-6H3;1H. The molecular formula is C27H39ClN4O5S2. The molecule has 0 spiro atoms. The molecule has 0 aliphatic carbocycles. The fourth-order valence-corrected chi connectivity index (χ4v) is 6.69. The van der Waals surface area contributed by atoms with Crippen molar-refractivity contribution in [2.45, 2.75) is 25.2 Å². The fourth-order valence-electron chi connectivity index (χ4n) is 4.12. The highest BCUT2D eigenvalue weighted by Crippen LogP contribution is 2.32. The van der Waals surface area contributed by atoms with Gasteiger partial charge in [0.1, 0.15) is 0 Å². The summed E-state index contributed by atoms with van der Waals surface area (Å²) in [5, 5.41) is 0.638. The first-order chi connectivity index (χ1) is 18.1. The molecule has 1 aromatic heterocycles. The van der Waals surface area contributed by atoms with Crippen LogP contribution < -0.4 is 4.90 Å². The van der Waals surface area contributed by atoms with Gasteiger partial charge in [-0.25, -0.2) is 13.4 Å². The highest BCUT2D eigenvalue weighted by molar-refractivity contribution is 7.89. The molecule has 0 bridgehead atoms. The second kappa shape index (κ2) is 15.0. The van der Waals surface area contributed by atoms with Gasteiger partial charge >= 0.3 is 0 Å². The molecule has 216 valence electrons. The minimum absolute atomic E-state index is 0. The molecule has 0 fully saturated rings. The number of thiazole rings is 1. The van der Waals surface area contributed by atoms with Crippen LogP contribution in [0.4, 0.5) is 5.13 Å². The van der Waals surface area contributed by atoms with Crippen molar-refractivity contribution in [1.82, 2.24) is 14.2 Å². The van der Waals surface area contributed by atoms with Crippen molar-refractivity contribution in [2.24, 2.45) is 0 Å². The van der Waals surface area contributed by atoms with Crippen molar-refractivity contribution in [3.63, 3.8) is 0 Å². The molecule has 0 aliphatic rings. The van der Waals surface area contributed by atoms with Crippen LogP contribution in [-0.2, 0) is 19.5 Å². The Morgan fingerprint density at radius 3 is 2.13 bits per heavy atom. The number of rotatable bonds is 14. The summed E-state index contributed by atoms with van der Waals surface area (Å²) in [5.41, 5.74) is 3.53. The molecule has 1 amide bonds. The Labute approximate surface area is 242 Å². The molecule has 3 rings (SSSR count). The van der Waals surface area contributed by atoms with Crippen LogP contribution in [-0.4, -0.2) is 96.2 Å². The van der Waals surface area contributed by atoms with E-state index < -0.39 is 10.0 Å². The van der Waals surface area contributed by atoms with Crippen LogP contribution in [0.2, 0.25) is 0 Å². The van der Waals surface area contributed by atoms with E-state index in [2.05, 4.69) is 17.0 Å². The minimum atomic E-state index is -3.78. The van der Waals surface area contributed by atoms with Crippen LogP contribution in [0.15, 0.2) is 41.3 Å². The smallest absolute Gasteiger partial charge is 0.260 e. The molecule has 0 atom stereocenters. The van der Waals surface area contributed by atoms with E-state index in [0.717, 1.165) is 34.3 Å². The summed E-state index contributed by atoms with van der Waals surface area (Å²) in [5.74, 6) is -0.211. The van der Waals surface area contributed by atoms with E-state index in [0.29, 0.717) is 17.2 Å². The van der Waals surface area contributed by atoms with Crippen LogP contribution in [0.1, 0.15) is 27.9 Å². The highest BCUT2D eigenvalue weighted by Gasteiger charge is 2.26. The molecule has 0 saturated heterocycles. The Hall–Kier alpha value is -2.12. The topological polar surface area (TPSA) is 92.3 Å². The molecule has 39 heavy (non-hydrogen) atoms. The maximum atomic E-state index is 13.7. The lowest BCUT2D eigenvalue weighted by atomic mass is 10.1. The number of amides is 1. The lowest BCUT2D eigenvalue weighted by Crippen LogP contribution is -2.36. The normalized spacial score (nSPS) is 11.8. The Balaban J connectivity index is 0.00000533. The predicted octanol–water partition coefficient (Wildman–Crippen LogP) is 4.22. The van der Waals surface area contributed by atoms with Gasteiger partial charge in [0.15, 0.2) is 5.13 Å². The first-order valence-corrected chi connectivity index (χ1v) is 14.8. The zero-order chi connectivity index (χ0) is 27.9. The van der Waals surface area contributed by atoms with Crippen molar-refractivity contribution in [1.29, 1.82) is 0 Å². The number of hydrogen-bond donors (Lipinski definition) is 0. The van der Waals surface area contributed by atoms with Gasteiger partial charge in [-0.15, -0.1) is 12.4 Å². The Kier molecular flexibility index (Phi) is 12.8. The van der Waals surface area contributed by atoms with Gasteiger partial charge in [-0.05, 0) is 82.4 Å². The third-order valence-corrected chi connectivity index (χ3v) is 9.05. The fraction of sp³-hybridized carbons (Fsp3) is 0.481. The van der Waals surface area contributed by atoms with Gasteiger partial charge < -0.3 is 14.4 Å². The summed E-state index contributed by atoms with van der Waals surface area (Å²) in [6, 6.07) is 10.3. The number of fused-ring (bicyclic) bond motifs is 1. The molecule has 0 saturated carbocycles. The van der Waals surface area contributed by atoms with Crippen LogP contribution in [0.3, 0.4) is 0 Å². The summed E-state index contributed by atoms with van der Waals surface area (Å²) in [6.07, 6.45) is 0.771. The Morgan fingerprint density at radius 1 is 0.949 bits per heavy atom. The van der Waals surface area contributed by atoms with E-state index in [1.807, 2.05) is 27.9 Å². The second-order valence-electron chi connectivity index (χ2n) is 9.45. The molecule has 0 unspecified atom stereocenters. The molecule has 2 aromatic carbocycles. The first-order valence-electron chi connectivity index (χ1n) is 12.5. The van der Waals surface area contributed by atoms with Gasteiger partial charge in [-0.3, -0.25) is 9.69 Å². The van der Waals surface area contributed by atoms with Gasteiger partial charge in [0.2, 0.25) is 10.0 Å². The zero-order valence-corrected chi connectivity index (χ0v) is 25.9. The van der Waals surface area contributed by atoms with E-state index in [-0.39, 0.29) is 49.5 Å². The molecule has 9 nitrogen and oxygen atoms in total. The predicted molar refractivity (Wildman–Crippen MR) is 160 cm³/mol. The third-order valence-electron chi connectivity index (χ3n) is 6.11. The van der Waals surface area contributed by atoms with Crippen molar-refractivity contribution in [3.8, 4) is 0 Å². The van der Waals surface area contributed by atoms with Gasteiger partial charge in [-0.2, -0.15) is 4.31 Å². The Bertz CT molecular complexity index is 1320. The monoisotopic (exact) mass is 598 g/mol. The maximum Gasteiger partial charge on any atom is 0.260 e. The number of aromatic nitrogens is 1. The quantitative estimate of drug-likeness (QED) is 0.274. The molecule has 3 aromatic rings. The molecule has 1 heterocycles. The summed E-state index contributed by atoms with van der Waals surface area (Å²) in [7, 11) is 3.27. The van der Waals surface area contributed by atoms with Crippen LogP contribution in [0, 0.1) is 13.8 Å². The molecule has 12 heteroatoms. The van der Waals surface area contributed by atoms with Gasteiger partial charge in [0.25, 0.3) is 5.91 Å². The summed E-state index contributed by atoms with van der Waals surface area (Å²) < 4.78 is 39.0. The first kappa shape index (κ1) is 33.1. The lowest BCUT2D eigenvalue weighted by molar-refractivity contribution is 0.0986. The van der Waals surface area contributed by atoms with Crippen molar-refractivity contribution >= 4 is 55.0 Å². The van der Waals surface area contributed by atoms with Crippen LogP contribution in [0.25, 0.3) is 10.2 Å². The van der Waals surface area contributed by atoms with Gasteiger partial charge in [0.05, 0.1) is 28.3 Å². The van der Waals surface area contributed by atoms with E-state index in [4.69, 9.17) is 14.5 Å². The van der Waals surface area contributed by atoms with Crippen molar-refractivity contribution in [3.05, 3.63) is 53.1 Å². The summed E-state index contributed by atoms with van der Waals surface area (Å²) in [6.45, 7) is 6.34. The van der Waals surface area contributed by atoms with Crippen molar-refractivity contribution in [2.75, 3.05) is 72.6 Å². The number of aryl methyl sites for hydroxylation is 2. The number of benzene rings is 2. The molecule has 0 radical (unpaired) electrons. The Morgan fingerprint density at radius 2 is 1.56 bits per heavy atom. The van der Waals surface area contributed by atoms with Crippen LogP contribution in [0.5, 0.6) is 0 Å². The van der Waals surface area contributed by atoms with E-state index in [1.165, 1.54) is 42.0 Å². The molecule has 0 N–H and O–H groups in total. The van der Waals surface area contributed by atoms with Gasteiger partial charge in [0, 0.05) is 39.4 Å². The third kappa shape index (κ3) is 8.43. The van der Waals surface area contributed by atoms with E-state index in [1.54, 1.807) is 17.0 Å². The highest BCUT2D eigenvalue weighted by atomic mass is 35.5. The van der Waals surface area contributed by atoms with Crippen LogP contribution >= 0.6 is 23.7 Å². The number of sulfonamides is 1. The number of halogens is 1. The number of carbonyl (C=O) groups excluding carboxylic acids is 1. The number of anilines is 1. The number of carbonyl (C=O) groups is 1. The molecular weight excluding hydrogens is 560 g/mol. The summed E-state index contributed by atoms with van der Waals surface area (Å²) in [4.78, 5) is 22.4. The number of nitrogens with zero attached hydrogens (tertiary/aromatic N) is 4. The molecule has 0 aliphatic heterocycles. The van der Waals surface area contributed by atoms with Gasteiger partial charge in [-0.1, -0.05) is 17.4 Å².